The molecule has 0 spiro atoms. The van der Waals surface area contributed by atoms with Gasteiger partial charge in [0.1, 0.15) is 0 Å². The summed E-state index contributed by atoms with van der Waals surface area (Å²) in [5, 5.41) is 0. The summed E-state index contributed by atoms with van der Waals surface area (Å²) in [5.41, 5.74) is 5.63. The van der Waals surface area contributed by atoms with Crippen molar-refractivity contribution in [2.75, 3.05) is 6.54 Å². The summed E-state index contributed by atoms with van der Waals surface area (Å²) in [6.07, 6.45) is 6.35. The monoisotopic (exact) mass is 223 g/mol. The predicted molar refractivity (Wildman–Crippen MR) is 64.3 cm³/mol. The van der Waals surface area contributed by atoms with Gasteiger partial charge in [-0.1, -0.05) is 20.3 Å². The number of aromatic nitrogens is 2. The van der Waals surface area contributed by atoms with E-state index in [0.717, 1.165) is 25.8 Å². The number of carbonyl (C=O) groups is 1. The number of carbonyl (C=O) groups excluding carboxylic acids is 1. The molecule has 1 aromatic rings. The van der Waals surface area contributed by atoms with E-state index in [1.807, 2.05) is 10.8 Å². The molecule has 0 aliphatic rings. The highest BCUT2D eigenvalue weighted by Crippen LogP contribution is 2.12. The molecule has 0 radical (unpaired) electrons. The van der Waals surface area contributed by atoms with Gasteiger partial charge in [-0.3, -0.25) is 4.79 Å². The van der Waals surface area contributed by atoms with Gasteiger partial charge in [-0.2, -0.15) is 0 Å². The van der Waals surface area contributed by atoms with E-state index in [4.69, 9.17) is 5.73 Å². The van der Waals surface area contributed by atoms with Crippen LogP contribution in [0.2, 0.25) is 0 Å². The SMILES string of the molecule is CCCC(CN)C(=O)c1nccn1CCC. The summed E-state index contributed by atoms with van der Waals surface area (Å²) >= 11 is 0. The molecule has 1 aromatic heterocycles. The Bertz CT molecular complexity index is 333. The number of nitrogens with two attached hydrogens (primary N) is 1. The van der Waals surface area contributed by atoms with E-state index < -0.39 is 0 Å². The largest absolute Gasteiger partial charge is 0.330 e. The van der Waals surface area contributed by atoms with Crippen molar-refractivity contribution in [1.82, 2.24) is 9.55 Å². The lowest BCUT2D eigenvalue weighted by molar-refractivity contribution is 0.0902. The van der Waals surface area contributed by atoms with Gasteiger partial charge < -0.3 is 10.3 Å². The molecular weight excluding hydrogens is 202 g/mol. The minimum Gasteiger partial charge on any atom is -0.330 e. The zero-order valence-corrected chi connectivity index (χ0v) is 10.1. The van der Waals surface area contributed by atoms with Crippen LogP contribution in [0.4, 0.5) is 0 Å². The zero-order valence-electron chi connectivity index (χ0n) is 10.1. The minimum atomic E-state index is -0.0805. The van der Waals surface area contributed by atoms with Crippen LogP contribution in [0.1, 0.15) is 43.7 Å². The molecule has 1 heterocycles. The molecule has 1 unspecified atom stereocenters. The second kappa shape index (κ2) is 6.43. The van der Waals surface area contributed by atoms with E-state index in [0.29, 0.717) is 12.4 Å². The van der Waals surface area contributed by atoms with Gasteiger partial charge in [0.05, 0.1) is 0 Å². The molecule has 0 amide bonds. The Kier molecular flexibility index (Phi) is 5.19. The van der Waals surface area contributed by atoms with E-state index in [-0.39, 0.29) is 11.7 Å². The quantitative estimate of drug-likeness (QED) is 0.718. The Balaban J connectivity index is 2.81. The van der Waals surface area contributed by atoms with Gasteiger partial charge in [0, 0.05) is 31.4 Å². The summed E-state index contributed by atoms with van der Waals surface area (Å²) in [6.45, 7) is 5.39. The third-order valence-electron chi connectivity index (χ3n) is 2.69. The Morgan fingerprint density at radius 3 is 2.81 bits per heavy atom. The molecule has 90 valence electrons. The highest BCUT2D eigenvalue weighted by Gasteiger charge is 2.21. The van der Waals surface area contributed by atoms with Crippen LogP contribution in [0.3, 0.4) is 0 Å². The first-order chi connectivity index (χ1) is 7.74. The maximum atomic E-state index is 12.2. The third-order valence-corrected chi connectivity index (χ3v) is 2.69. The Morgan fingerprint density at radius 1 is 1.50 bits per heavy atom. The standard InChI is InChI=1S/C12H21N3O/c1-3-5-10(9-13)11(16)12-14-6-8-15(12)7-4-2/h6,8,10H,3-5,7,9,13H2,1-2H3. The molecule has 0 fully saturated rings. The Hall–Kier alpha value is -1.16. The van der Waals surface area contributed by atoms with Crippen molar-refractivity contribution in [2.24, 2.45) is 11.7 Å². The number of imidazole rings is 1. The first-order valence-corrected chi connectivity index (χ1v) is 5.99. The summed E-state index contributed by atoms with van der Waals surface area (Å²) in [7, 11) is 0. The summed E-state index contributed by atoms with van der Waals surface area (Å²) in [6, 6.07) is 0. The van der Waals surface area contributed by atoms with Gasteiger partial charge in [0.15, 0.2) is 5.82 Å². The molecule has 0 saturated heterocycles. The van der Waals surface area contributed by atoms with Crippen LogP contribution in [0, 0.1) is 5.92 Å². The summed E-state index contributed by atoms with van der Waals surface area (Å²) in [5.74, 6) is 0.566. The van der Waals surface area contributed by atoms with Gasteiger partial charge in [0.25, 0.3) is 0 Å². The van der Waals surface area contributed by atoms with Crippen molar-refractivity contribution in [3.05, 3.63) is 18.2 Å². The average Bonchev–Trinajstić information content (AvgIpc) is 2.73. The van der Waals surface area contributed by atoms with Gasteiger partial charge >= 0.3 is 0 Å². The second-order valence-corrected chi connectivity index (χ2v) is 4.03. The van der Waals surface area contributed by atoms with Crippen LogP contribution in [-0.2, 0) is 6.54 Å². The molecule has 2 N–H and O–H groups in total. The van der Waals surface area contributed by atoms with Crippen LogP contribution >= 0.6 is 0 Å². The van der Waals surface area contributed by atoms with Crippen molar-refractivity contribution in [1.29, 1.82) is 0 Å². The highest BCUT2D eigenvalue weighted by atomic mass is 16.1. The molecule has 0 aliphatic heterocycles. The molecule has 0 aromatic carbocycles. The van der Waals surface area contributed by atoms with E-state index >= 15 is 0 Å². The summed E-state index contributed by atoms with van der Waals surface area (Å²) < 4.78 is 1.92. The molecule has 4 nitrogen and oxygen atoms in total. The van der Waals surface area contributed by atoms with Crippen molar-refractivity contribution in [3.63, 3.8) is 0 Å². The molecule has 1 rings (SSSR count). The first kappa shape index (κ1) is 12.9. The average molecular weight is 223 g/mol. The van der Waals surface area contributed by atoms with Crippen molar-refractivity contribution in [2.45, 2.75) is 39.7 Å². The molecule has 1 atom stereocenters. The molecule has 4 heteroatoms. The molecule has 0 bridgehead atoms. The summed E-state index contributed by atoms with van der Waals surface area (Å²) in [4.78, 5) is 16.3. The molecule has 16 heavy (non-hydrogen) atoms. The minimum absolute atomic E-state index is 0.0805. The number of rotatable bonds is 7. The number of hydrogen-bond donors (Lipinski definition) is 1. The first-order valence-electron chi connectivity index (χ1n) is 5.99. The van der Waals surface area contributed by atoms with Gasteiger partial charge in [-0.25, -0.2) is 4.98 Å². The van der Waals surface area contributed by atoms with E-state index in [2.05, 4.69) is 18.8 Å². The topological polar surface area (TPSA) is 60.9 Å². The fourth-order valence-electron chi connectivity index (χ4n) is 1.84. The van der Waals surface area contributed by atoms with Crippen LogP contribution in [0.25, 0.3) is 0 Å². The lowest BCUT2D eigenvalue weighted by atomic mass is 9.98. The van der Waals surface area contributed by atoms with Crippen LogP contribution in [-0.4, -0.2) is 21.9 Å². The van der Waals surface area contributed by atoms with Crippen molar-refractivity contribution < 1.29 is 4.79 Å². The second-order valence-electron chi connectivity index (χ2n) is 4.03. The number of hydrogen-bond acceptors (Lipinski definition) is 3. The fraction of sp³-hybridized carbons (Fsp3) is 0.667. The van der Waals surface area contributed by atoms with Crippen LogP contribution < -0.4 is 5.73 Å². The predicted octanol–water partition coefficient (Wildman–Crippen LogP) is 1.85. The number of nitrogens with zero attached hydrogens (tertiary/aromatic N) is 2. The Labute approximate surface area is 96.9 Å². The lowest BCUT2D eigenvalue weighted by Crippen LogP contribution is -2.26. The Morgan fingerprint density at radius 2 is 2.25 bits per heavy atom. The van der Waals surface area contributed by atoms with E-state index in [9.17, 15) is 4.79 Å². The van der Waals surface area contributed by atoms with E-state index in [1.54, 1.807) is 6.20 Å². The van der Waals surface area contributed by atoms with Crippen molar-refractivity contribution >= 4 is 5.78 Å². The molecule has 0 aliphatic carbocycles. The van der Waals surface area contributed by atoms with Gasteiger partial charge in [-0.15, -0.1) is 0 Å². The van der Waals surface area contributed by atoms with Crippen LogP contribution in [0.15, 0.2) is 12.4 Å². The fourth-order valence-corrected chi connectivity index (χ4v) is 1.84. The third kappa shape index (κ3) is 2.92. The maximum absolute atomic E-state index is 12.2. The van der Waals surface area contributed by atoms with Crippen molar-refractivity contribution in [3.8, 4) is 0 Å². The van der Waals surface area contributed by atoms with Gasteiger partial charge in [-0.05, 0) is 12.8 Å². The maximum Gasteiger partial charge on any atom is 0.202 e. The molecule has 0 saturated carbocycles. The van der Waals surface area contributed by atoms with Crippen LogP contribution in [0.5, 0.6) is 0 Å². The van der Waals surface area contributed by atoms with Gasteiger partial charge in [0.2, 0.25) is 5.78 Å². The lowest BCUT2D eigenvalue weighted by Gasteiger charge is -2.13. The number of ketones is 1. The number of aryl methyl sites for hydroxylation is 1. The van der Waals surface area contributed by atoms with E-state index in [1.165, 1.54) is 0 Å². The highest BCUT2D eigenvalue weighted by molar-refractivity contribution is 5.94. The normalized spacial score (nSPS) is 12.7. The zero-order chi connectivity index (χ0) is 12.0. The number of Topliss-reactive ketones (excluding diaryl/α,β-unsaturated/α-hetero) is 1. The molecular formula is C12H21N3O. The smallest absolute Gasteiger partial charge is 0.202 e.